The molecular weight excluding hydrogens is 267 g/mol. The van der Waals surface area contributed by atoms with Crippen molar-refractivity contribution in [2.75, 3.05) is 6.54 Å². The summed E-state index contributed by atoms with van der Waals surface area (Å²) in [7, 11) is -3.69. The van der Waals surface area contributed by atoms with Crippen LogP contribution in [0.3, 0.4) is 0 Å². The van der Waals surface area contributed by atoms with Crippen LogP contribution in [0.15, 0.2) is 23.1 Å². The average Bonchev–Trinajstić information content (AvgIpc) is 2.40. The smallest absolute Gasteiger partial charge is 0.211 e. The number of benzene rings is 1. The summed E-state index contributed by atoms with van der Waals surface area (Å²) in [6.07, 6.45) is 1.76. The molecule has 0 radical (unpaired) electrons. The highest BCUT2D eigenvalue weighted by Crippen LogP contribution is 2.15. The Kier molecular flexibility index (Phi) is 5.45. The van der Waals surface area contributed by atoms with Gasteiger partial charge in [0.05, 0.1) is 10.5 Å². The van der Waals surface area contributed by atoms with Crippen molar-refractivity contribution >= 4 is 10.0 Å². The highest BCUT2D eigenvalue weighted by Gasteiger charge is 2.17. The zero-order valence-corrected chi connectivity index (χ0v) is 11.8. The molecule has 0 heterocycles. The summed E-state index contributed by atoms with van der Waals surface area (Å²) in [4.78, 5) is -0.0867. The molecule has 0 saturated heterocycles. The summed E-state index contributed by atoms with van der Waals surface area (Å²) in [5, 5.41) is 8.70. The predicted octanol–water partition coefficient (Wildman–Crippen LogP) is 2.41. The quantitative estimate of drug-likeness (QED) is 0.872. The molecule has 1 aromatic carbocycles. The lowest BCUT2D eigenvalue weighted by Gasteiger charge is -2.13. The van der Waals surface area contributed by atoms with Crippen LogP contribution in [0, 0.1) is 23.1 Å². The van der Waals surface area contributed by atoms with Crippen molar-refractivity contribution in [3.05, 3.63) is 29.6 Å². The molecule has 1 N–H and O–H groups in total. The summed E-state index contributed by atoms with van der Waals surface area (Å²) >= 11 is 0. The second-order valence-corrected chi connectivity index (χ2v) is 6.05. The summed E-state index contributed by atoms with van der Waals surface area (Å²) in [5.74, 6) is -0.452. The van der Waals surface area contributed by atoms with Gasteiger partial charge in [-0.1, -0.05) is 26.7 Å². The van der Waals surface area contributed by atoms with Gasteiger partial charge in [-0.15, -0.1) is 0 Å². The van der Waals surface area contributed by atoms with Gasteiger partial charge in [-0.05, 0) is 24.1 Å². The Bertz CT molecular complexity index is 575. The third kappa shape index (κ3) is 4.01. The number of rotatable bonds is 6. The molecule has 0 aliphatic rings. The van der Waals surface area contributed by atoms with Crippen molar-refractivity contribution in [3.8, 4) is 6.07 Å². The molecule has 0 unspecified atom stereocenters. The number of sulfonamides is 1. The van der Waals surface area contributed by atoms with E-state index in [0.29, 0.717) is 6.54 Å². The van der Waals surface area contributed by atoms with Gasteiger partial charge in [-0.2, -0.15) is 5.26 Å². The van der Waals surface area contributed by atoms with Crippen LogP contribution in [-0.2, 0) is 10.0 Å². The Morgan fingerprint density at radius 3 is 2.53 bits per heavy atom. The van der Waals surface area contributed by atoms with Gasteiger partial charge in [0.2, 0.25) is 10.0 Å². The highest BCUT2D eigenvalue weighted by atomic mass is 32.2. The lowest BCUT2D eigenvalue weighted by molar-refractivity contribution is 0.479. The van der Waals surface area contributed by atoms with Crippen LogP contribution in [0.25, 0.3) is 0 Å². The molecule has 104 valence electrons. The van der Waals surface area contributed by atoms with Gasteiger partial charge in [0.15, 0.2) is 0 Å². The highest BCUT2D eigenvalue weighted by molar-refractivity contribution is 7.89. The van der Waals surface area contributed by atoms with Gasteiger partial charge in [0.25, 0.3) is 0 Å². The van der Waals surface area contributed by atoms with E-state index < -0.39 is 15.8 Å². The van der Waals surface area contributed by atoms with E-state index in [4.69, 9.17) is 5.26 Å². The Balaban J connectivity index is 2.92. The van der Waals surface area contributed by atoms with E-state index in [-0.39, 0.29) is 16.4 Å². The Labute approximate surface area is 113 Å². The number of nitrogens with one attached hydrogen (secondary N) is 1. The van der Waals surface area contributed by atoms with Crippen LogP contribution in [0.1, 0.15) is 32.3 Å². The number of nitriles is 1. The first-order valence-corrected chi connectivity index (χ1v) is 7.62. The molecule has 0 atom stereocenters. The van der Waals surface area contributed by atoms with E-state index in [0.717, 1.165) is 31.0 Å². The molecular formula is C13H17FN2O2S. The molecule has 0 aliphatic heterocycles. The molecule has 1 aromatic rings. The predicted molar refractivity (Wildman–Crippen MR) is 70.4 cm³/mol. The van der Waals surface area contributed by atoms with Crippen LogP contribution in [-0.4, -0.2) is 15.0 Å². The number of hydrogen-bond donors (Lipinski definition) is 1. The number of hydrogen-bond acceptors (Lipinski definition) is 3. The van der Waals surface area contributed by atoms with Crippen LogP contribution >= 0.6 is 0 Å². The van der Waals surface area contributed by atoms with Crippen molar-refractivity contribution in [3.63, 3.8) is 0 Å². The zero-order valence-electron chi connectivity index (χ0n) is 11.0. The number of halogens is 1. The maximum Gasteiger partial charge on any atom is 0.240 e. The first-order valence-electron chi connectivity index (χ1n) is 6.13. The molecule has 0 aromatic heterocycles. The van der Waals surface area contributed by atoms with Gasteiger partial charge in [0.1, 0.15) is 11.9 Å². The van der Waals surface area contributed by atoms with E-state index >= 15 is 0 Å². The minimum Gasteiger partial charge on any atom is -0.211 e. The van der Waals surface area contributed by atoms with E-state index in [2.05, 4.69) is 4.72 Å². The van der Waals surface area contributed by atoms with Gasteiger partial charge in [-0.3, -0.25) is 0 Å². The number of nitrogens with zero attached hydrogens (tertiary/aromatic N) is 1. The van der Waals surface area contributed by atoms with Crippen molar-refractivity contribution in [2.45, 2.75) is 31.6 Å². The molecule has 0 fully saturated rings. The molecule has 19 heavy (non-hydrogen) atoms. The maximum atomic E-state index is 13.1. The first kappa shape index (κ1) is 15.6. The fourth-order valence-corrected chi connectivity index (χ4v) is 2.79. The summed E-state index contributed by atoms with van der Waals surface area (Å²) in [6.45, 7) is 4.33. The lowest BCUT2D eigenvalue weighted by atomic mass is 10.0. The molecule has 4 nitrogen and oxygen atoms in total. The topological polar surface area (TPSA) is 70.0 Å². The van der Waals surface area contributed by atoms with Gasteiger partial charge >= 0.3 is 0 Å². The molecule has 0 saturated carbocycles. The summed E-state index contributed by atoms with van der Waals surface area (Å²) < 4.78 is 39.6. The van der Waals surface area contributed by atoms with Crippen molar-refractivity contribution in [2.24, 2.45) is 5.92 Å². The second kappa shape index (κ2) is 6.64. The minimum absolute atomic E-state index is 0.0867. The van der Waals surface area contributed by atoms with Crippen molar-refractivity contribution in [1.82, 2.24) is 4.72 Å². The Hall–Kier alpha value is -1.45. The Morgan fingerprint density at radius 2 is 2.00 bits per heavy atom. The largest absolute Gasteiger partial charge is 0.240 e. The second-order valence-electron chi connectivity index (χ2n) is 4.29. The van der Waals surface area contributed by atoms with Crippen LogP contribution in [0.2, 0.25) is 0 Å². The minimum atomic E-state index is -3.69. The molecule has 1 rings (SSSR count). The van der Waals surface area contributed by atoms with Gasteiger partial charge < -0.3 is 0 Å². The average molecular weight is 284 g/mol. The van der Waals surface area contributed by atoms with Crippen LogP contribution in [0.5, 0.6) is 0 Å². The molecule has 0 aliphatic carbocycles. The third-order valence-corrected chi connectivity index (χ3v) is 4.51. The fourth-order valence-electron chi connectivity index (χ4n) is 1.65. The monoisotopic (exact) mass is 284 g/mol. The first-order chi connectivity index (χ1) is 8.94. The SMILES string of the molecule is CCC(CC)CNS(=O)(=O)c1ccc(F)c(C#N)c1. The van der Waals surface area contributed by atoms with Gasteiger partial charge in [0, 0.05) is 6.54 Å². The normalized spacial score (nSPS) is 11.5. The summed E-state index contributed by atoms with van der Waals surface area (Å²) in [5.41, 5.74) is -0.273. The maximum absolute atomic E-state index is 13.1. The van der Waals surface area contributed by atoms with Crippen LogP contribution in [0.4, 0.5) is 4.39 Å². The third-order valence-electron chi connectivity index (χ3n) is 3.09. The standard InChI is InChI=1S/C13H17FN2O2S/c1-3-10(4-2)9-16-19(17,18)12-5-6-13(14)11(7-12)8-15/h5-7,10,16H,3-4,9H2,1-2H3. The van der Waals surface area contributed by atoms with Crippen molar-refractivity contribution in [1.29, 1.82) is 5.26 Å². The van der Waals surface area contributed by atoms with Gasteiger partial charge in [-0.25, -0.2) is 17.5 Å². The lowest BCUT2D eigenvalue weighted by Crippen LogP contribution is -2.29. The molecule has 0 bridgehead atoms. The van der Waals surface area contributed by atoms with E-state index in [1.54, 1.807) is 6.07 Å². The zero-order chi connectivity index (χ0) is 14.5. The van der Waals surface area contributed by atoms with E-state index in [1.165, 1.54) is 0 Å². The Morgan fingerprint density at radius 1 is 1.37 bits per heavy atom. The molecule has 0 amide bonds. The molecule has 0 spiro atoms. The van der Waals surface area contributed by atoms with E-state index in [9.17, 15) is 12.8 Å². The molecule has 6 heteroatoms. The fraction of sp³-hybridized carbons (Fsp3) is 0.462. The van der Waals surface area contributed by atoms with Crippen LogP contribution < -0.4 is 4.72 Å². The summed E-state index contributed by atoms with van der Waals surface area (Å²) in [6, 6.07) is 4.82. The van der Waals surface area contributed by atoms with E-state index in [1.807, 2.05) is 13.8 Å². The van der Waals surface area contributed by atoms with Crippen molar-refractivity contribution < 1.29 is 12.8 Å².